The number of thiophene rings is 1. The van der Waals surface area contributed by atoms with Crippen molar-refractivity contribution in [3.63, 3.8) is 0 Å². The Morgan fingerprint density at radius 2 is 1.94 bits per heavy atom. The van der Waals surface area contributed by atoms with Crippen LogP contribution in [0.25, 0.3) is 6.08 Å². The van der Waals surface area contributed by atoms with E-state index in [0.717, 1.165) is 22.8 Å². The van der Waals surface area contributed by atoms with Crippen molar-refractivity contribution < 1.29 is 32.4 Å². The normalized spacial score (nSPS) is 14.9. The van der Waals surface area contributed by atoms with E-state index in [9.17, 15) is 32.9 Å². The van der Waals surface area contributed by atoms with Crippen LogP contribution in [0.5, 0.6) is 11.5 Å². The highest BCUT2D eigenvalue weighted by Crippen LogP contribution is 2.38. The van der Waals surface area contributed by atoms with Gasteiger partial charge in [-0.2, -0.15) is 18.2 Å². The zero-order chi connectivity index (χ0) is 26.0. The summed E-state index contributed by atoms with van der Waals surface area (Å²) in [4.78, 5) is 36.0. The lowest BCUT2D eigenvalue weighted by atomic mass is 10.1. The molecule has 1 aromatic heterocycles. The van der Waals surface area contributed by atoms with Crippen LogP contribution in [0, 0.1) is 10.1 Å². The van der Waals surface area contributed by atoms with Gasteiger partial charge in [0.1, 0.15) is 5.75 Å². The zero-order valence-electron chi connectivity index (χ0n) is 17.6. The summed E-state index contributed by atoms with van der Waals surface area (Å²) in [7, 11) is 0. The number of amides is 2. The third-order valence-electron chi connectivity index (χ3n) is 4.62. The summed E-state index contributed by atoms with van der Waals surface area (Å²) >= 11 is 7.35. The highest BCUT2D eigenvalue weighted by atomic mass is 32.2. The minimum atomic E-state index is -4.75. The Kier molecular flexibility index (Phi) is 7.10. The van der Waals surface area contributed by atoms with Crippen LogP contribution in [0.4, 0.5) is 18.9 Å². The largest absolute Gasteiger partial charge is 0.450 e. The molecule has 3 aromatic rings. The number of nitro groups is 1. The number of nitrogens with zero attached hydrogens (tertiary/aromatic N) is 2. The number of ether oxygens (including phenoxy) is 1. The maximum Gasteiger partial charge on any atom is 0.416 e. The Balaban J connectivity index is 1.54. The molecule has 1 fully saturated rings. The molecule has 2 aromatic carbocycles. The summed E-state index contributed by atoms with van der Waals surface area (Å²) < 4.78 is 44.4. The van der Waals surface area contributed by atoms with Gasteiger partial charge in [0.15, 0.2) is 4.32 Å². The van der Waals surface area contributed by atoms with Crippen molar-refractivity contribution in [1.82, 2.24) is 10.4 Å². The van der Waals surface area contributed by atoms with Gasteiger partial charge in [0.25, 0.3) is 11.8 Å². The molecule has 184 valence electrons. The minimum absolute atomic E-state index is 0.0908. The summed E-state index contributed by atoms with van der Waals surface area (Å²) in [6, 6.07) is 11.3. The molecule has 0 spiro atoms. The van der Waals surface area contributed by atoms with Crippen molar-refractivity contribution >= 4 is 63.2 Å². The van der Waals surface area contributed by atoms with E-state index in [1.54, 1.807) is 23.6 Å². The molecule has 1 aliphatic heterocycles. The molecular weight excluding hydrogens is 539 g/mol. The lowest BCUT2D eigenvalue weighted by Gasteiger charge is -2.14. The molecule has 8 nitrogen and oxygen atoms in total. The van der Waals surface area contributed by atoms with Crippen LogP contribution in [-0.2, 0) is 11.0 Å². The molecule has 0 atom stereocenters. The van der Waals surface area contributed by atoms with E-state index in [1.165, 1.54) is 35.6 Å². The second kappa shape index (κ2) is 10.1. The fourth-order valence-electron chi connectivity index (χ4n) is 3.00. The summed E-state index contributed by atoms with van der Waals surface area (Å²) in [6.45, 7) is 0. The molecule has 0 saturated carbocycles. The van der Waals surface area contributed by atoms with Crippen molar-refractivity contribution in [3.8, 4) is 11.5 Å². The molecule has 1 aliphatic rings. The van der Waals surface area contributed by atoms with Crippen molar-refractivity contribution in [1.29, 1.82) is 0 Å². The Morgan fingerprint density at radius 1 is 1.17 bits per heavy atom. The Hall–Kier alpha value is -3.75. The second-order valence-corrected chi connectivity index (χ2v) is 9.67. The molecule has 1 saturated heterocycles. The number of carbonyl (C=O) groups excluding carboxylic acids is 2. The van der Waals surface area contributed by atoms with Gasteiger partial charge in [-0.25, -0.2) is 0 Å². The first-order valence-corrected chi connectivity index (χ1v) is 11.9. The standard InChI is InChI=1S/C22H12F3N3O5S3/c23-22(24,25)13-6-7-16(15(11-13)28(31)32)33-14-4-1-3-12(9-14)10-18-20(30)27(21(34)36-18)26-19(29)17-5-2-8-35-17/h1-11H,(H,26,29). The maximum atomic E-state index is 12.9. The highest BCUT2D eigenvalue weighted by Gasteiger charge is 2.35. The number of carbonyl (C=O) groups is 2. The predicted octanol–water partition coefficient (Wildman–Crippen LogP) is 6.01. The molecular formula is C22H12F3N3O5S3. The monoisotopic (exact) mass is 551 g/mol. The molecule has 2 heterocycles. The third kappa shape index (κ3) is 5.56. The highest BCUT2D eigenvalue weighted by molar-refractivity contribution is 8.26. The van der Waals surface area contributed by atoms with Crippen molar-refractivity contribution in [2.24, 2.45) is 0 Å². The van der Waals surface area contributed by atoms with Gasteiger partial charge in [0.2, 0.25) is 5.75 Å². The average Bonchev–Trinajstić information content (AvgIpc) is 3.44. The van der Waals surface area contributed by atoms with Crippen molar-refractivity contribution in [3.05, 3.63) is 91.0 Å². The molecule has 36 heavy (non-hydrogen) atoms. The topological polar surface area (TPSA) is 102 Å². The van der Waals surface area contributed by atoms with Gasteiger partial charge in [0.05, 0.1) is 20.3 Å². The van der Waals surface area contributed by atoms with E-state index in [0.29, 0.717) is 22.6 Å². The van der Waals surface area contributed by atoms with Crippen LogP contribution in [-0.4, -0.2) is 26.1 Å². The lowest BCUT2D eigenvalue weighted by Crippen LogP contribution is -2.44. The number of nitrogens with one attached hydrogen (secondary N) is 1. The number of thioether (sulfide) groups is 1. The Labute approximate surface area is 214 Å². The van der Waals surface area contributed by atoms with E-state index < -0.39 is 34.2 Å². The smallest absolute Gasteiger partial charge is 0.416 e. The molecule has 2 amide bonds. The van der Waals surface area contributed by atoms with Gasteiger partial charge in [-0.3, -0.25) is 25.1 Å². The number of hydrogen-bond acceptors (Lipinski definition) is 8. The van der Waals surface area contributed by atoms with E-state index >= 15 is 0 Å². The van der Waals surface area contributed by atoms with E-state index in [4.69, 9.17) is 17.0 Å². The number of benzene rings is 2. The van der Waals surface area contributed by atoms with Crippen LogP contribution >= 0.6 is 35.3 Å². The molecule has 0 aliphatic carbocycles. The van der Waals surface area contributed by atoms with E-state index in [1.807, 2.05) is 0 Å². The van der Waals surface area contributed by atoms with Crippen molar-refractivity contribution in [2.75, 3.05) is 0 Å². The van der Waals surface area contributed by atoms with Crippen LogP contribution in [0.2, 0.25) is 0 Å². The predicted molar refractivity (Wildman–Crippen MR) is 131 cm³/mol. The molecule has 0 bridgehead atoms. The Morgan fingerprint density at radius 3 is 2.61 bits per heavy atom. The quantitative estimate of drug-likeness (QED) is 0.173. The molecule has 0 unspecified atom stereocenters. The number of hydrazine groups is 1. The second-order valence-electron chi connectivity index (χ2n) is 7.05. The number of nitro benzene ring substituents is 1. The molecule has 14 heteroatoms. The Bertz CT molecular complexity index is 1410. The van der Waals surface area contributed by atoms with E-state index in [2.05, 4.69) is 5.43 Å². The van der Waals surface area contributed by atoms with Crippen LogP contribution < -0.4 is 10.2 Å². The van der Waals surface area contributed by atoms with Gasteiger partial charge in [-0.15, -0.1) is 11.3 Å². The fourth-order valence-corrected chi connectivity index (χ4v) is 4.79. The number of alkyl halides is 3. The van der Waals surface area contributed by atoms with Gasteiger partial charge in [-0.05, 0) is 59.6 Å². The first kappa shape index (κ1) is 25.3. The average molecular weight is 552 g/mol. The summed E-state index contributed by atoms with van der Waals surface area (Å²) in [6.07, 6.45) is -3.27. The fraction of sp³-hybridized carbons (Fsp3) is 0.0455. The van der Waals surface area contributed by atoms with Crippen LogP contribution in [0.3, 0.4) is 0 Å². The zero-order valence-corrected chi connectivity index (χ0v) is 20.1. The van der Waals surface area contributed by atoms with Gasteiger partial charge in [0, 0.05) is 6.07 Å². The number of hydrogen-bond donors (Lipinski definition) is 1. The summed E-state index contributed by atoms with van der Waals surface area (Å²) in [5.74, 6) is -1.34. The maximum absolute atomic E-state index is 12.9. The number of rotatable bonds is 6. The first-order valence-electron chi connectivity index (χ1n) is 9.79. The number of halogens is 3. The number of thiocarbonyl (C=S) groups is 1. The first-order chi connectivity index (χ1) is 17.0. The minimum Gasteiger partial charge on any atom is -0.450 e. The third-order valence-corrected chi connectivity index (χ3v) is 6.79. The molecule has 4 rings (SSSR count). The SMILES string of the molecule is O=C(NN1C(=O)C(=Cc2cccc(Oc3ccc(C(F)(F)F)cc3[N+](=O)[O-])c2)SC1=S)c1cccs1. The van der Waals surface area contributed by atoms with Gasteiger partial charge >= 0.3 is 11.9 Å². The summed E-state index contributed by atoms with van der Waals surface area (Å²) in [5, 5.41) is 14.0. The van der Waals surface area contributed by atoms with Gasteiger partial charge < -0.3 is 4.74 Å². The van der Waals surface area contributed by atoms with Gasteiger partial charge in [-0.1, -0.05) is 30.0 Å². The van der Waals surface area contributed by atoms with Crippen molar-refractivity contribution in [2.45, 2.75) is 6.18 Å². The molecule has 0 radical (unpaired) electrons. The lowest BCUT2D eigenvalue weighted by molar-refractivity contribution is -0.385. The summed E-state index contributed by atoms with van der Waals surface area (Å²) in [5.41, 5.74) is 0.881. The van der Waals surface area contributed by atoms with E-state index in [-0.39, 0.29) is 20.7 Å². The molecule has 1 N–H and O–H groups in total. The van der Waals surface area contributed by atoms with Crippen LogP contribution in [0.1, 0.15) is 20.8 Å². The van der Waals surface area contributed by atoms with Crippen LogP contribution in [0.15, 0.2) is 64.9 Å².